The van der Waals surface area contributed by atoms with Crippen LogP contribution < -0.4 is 5.32 Å². The highest BCUT2D eigenvalue weighted by Crippen LogP contribution is 2.31. The van der Waals surface area contributed by atoms with E-state index in [1.54, 1.807) is 12.1 Å². The summed E-state index contributed by atoms with van der Waals surface area (Å²) in [7, 11) is -3.63. The van der Waals surface area contributed by atoms with E-state index in [2.05, 4.69) is 17.4 Å². The Hall–Kier alpha value is -1.89. The molecule has 1 aliphatic carbocycles. The quantitative estimate of drug-likeness (QED) is 0.795. The number of carbonyl (C=O) groups excluding carboxylic acids is 1. The highest BCUT2D eigenvalue weighted by Gasteiger charge is 2.34. The van der Waals surface area contributed by atoms with Crippen LogP contribution in [0.15, 0.2) is 53.4 Å². The van der Waals surface area contributed by atoms with Gasteiger partial charge in [-0.2, -0.15) is 4.31 Å². The number of aryl methyl sites for hydroxylation is 1. The van der Waals surface area contributed by atoms with Crippen molar-refractivity contribution in [1.29, 1.82) is 0 Å². The fourth-order valence-corrected chi connectivity index (χ4v) is 5.97. The minimum absolute atomic E-state index is 0.00991. The molecule has 7 heteroatoms. The molecule has 2 aromatic rings. The van der Waals surface area contributed by atoms with E-state index in [1.807, 2.05) is 12.1 Å². The fourth-order valence-electron chi connectivity index (χ4n) is 4.32. The number of sulfonamides is 1. The van der Waals surface area contributed by atoms with Crippen LogP contribution in [0.5, 0.6) is 0 Å². The van der Waals surface area contributed by atoms with Gasteiger partial charge in [-0.3, -0.25) is 4.79 Å². The van der Waals surface area contributed by atoms with Crippen molar-refractivity contribution >= 4 is 27.5 Å². The molecular weight excluding hydrogens is 408 g/mol. The smallest absolute Gasteiger partial charge is 0.243 e. The van der Waals surface area contributed by atoms with Crippen LogP contribution in [0, 0.1) is 5.92 Å². The molecule has 0 radical (unpaired) electrons. The Morgan fingerprint density at radius 2 is 1.79 bits per heavy atom. The summed E-state index contributed by atoms with van der Waals surface area (Å²) in [5, 5.41) is 3.68. The maximum Gasteiger partial charge on any atom is 0.243 e. The van der Waals surface area contributed by atoms with Gasteiger partial charge in [0.2, 0.25) is 15.9 Å². The highest BCUT2D eigenvalue weighted by atomic mass is 35.5. The first kappa shape index (κ1) is 20.4. The van der Waals surface area contributed by atoms with E-state index in [-0.39, 0.29) is 29.3 Å². The van der Waals surface area contributed by atoms with Crippen LogP contribution in [-0.2, 0) is 21.2 Å². The molecule has 2 aromatic carbocycles. The molecule has 2 aliphatic rings. The summed E-state index contributed by atoms with van der Waals surface area (Å²) in [6, 6.07) is 14.4. The Balaban J connectivity index is 1.46. The summed E-state index contributed by atoms with van der Waals surface area (Å²) in [6.45, 7) is 0.645. The molecular formula is C22H25ClN2O3S. The van der Waals surface area contributed by atoms with Gasteiger partial charge in [0, 0.05) is 18.1 Å². The largest absolute Gasteiger partial charge is 0.349 e. The third-order valence-electron chi connectivity index (χ3n) is 5.89. The van der Waals surface area contributed by atoms with Crippen molar-refractivity contribution in [3.8, 4) is 0 Å². The Morgan fingerprint density at radius 3 is 2.59 bits per heavy atom. The lowest BCUT2D eigenvalue weighted by molar-refractivity contribution is -0.127. The van der Waals surface area contributed by atoms with Gasteiger partial charge < -0.3 is 5.32 Å². The van der Waals surface area contributed by atoms with Crippen molar-refractivity contribution in [1.82, 2.24) is 9.62 Å². The first-order valence-electron chi connectivity index (χ1n) is 10.1. The minimum atomic E-state index is -3.63. The highest BCUT2D eigenvalue weighted by molar-refractivity contribution is 7.89. The molecule has 0 unspecified atom stereocenters. The third kappa shape index (κ3) is 4.34. The normalized spacial score (nSPS) is 22.7. The van der Waals surface area contributed by atoms with Gasteiger partial charge in [0.25, 0.3) is 0 Å². The van der Waals surface area contributed by atoms with Gasteiger partial charge in [-0.1, -0.05) is 35.9 Å². The summed E-state index contributed by atoms with van der Waals surface area (Å²) >= 11 is 5.88. The van der Waals surface area contributed by atoms with Gasteiger partial charge in [0.05, 0.1) is 16.9 Å². The van der Waals surface area contributed by atoms with Gasteiger partial charge in [-0.25, -0.2) is 8.42 Å². The number of nitrogens with one attached hydrogen (secondary N) is 1. The molecule has 0 aromatic heterocycles. The van der Waals surface area contributed by atoms with Crippen LogP contribution in [0.1, 0.15) is 42.9 Å². The zero-order chi connectivity index (χ0) is 20.4. The second-order valence-electron chi connectivity index (χ2n) is 7.81. The van der Waals surface area contributed by atoms with Crippen LogP contribution in [0.25, 0.3) is 0 Å². The molecule has 154 valence electrons. The zero-order valence-corrected chi connectivity index (χ0v) is 17.8. The standard InChI is InChI=1S/C22H25ClN2O3S/c23-18-10-12-19(13-11-18)29(27,28)25-14-4-7-17(15-25)22(26)24-21-9-3-6-16-5-1-2-8-20(16)21/h1-2,5,8,10-13,17,21H,3-4,6-7,9,14-15H2,(H,24,26)/t17-,21+/m0/s1. The Bertz CT molecular complexity index is 991. The average molecular weight is 433 g/mol. The summed E-state index contributed by atoms with van der Waals surface area (Å²) in [4.78, 5) is 13.2. The molecule has 29 heavy (non-hydrogen) atoms. The zero-order valence-electron chi connectivity index (χ0n) is 16.2. The summed E-state index contributed by atoms with van der Waals surface area (Å²) in [6.07, 6.45) is 4.38. The van der Waals surface area contributed by atoms with Gasteiger partial charge in [0.15, 0.2) is 0 Å². The number of amides is 1. The van der Waals surface area contributed by atoms with Gasteiger partial charge in [0.1, 0.15) is 0 Å². The number of hydrogen-bond donors (Lipinski definition) is 1. The van der Waals surface area contributed by atoms with E-state index in [9.17, 15) is 13.2 Å². The molecule has 1 N–H and O–H groups in total. The molecule has 5 nitrogen and oxygen atoms in total. The third-order valence-corrected chi connectivity index (χ3v) is 8.02. The van der Waals surface area contributed by atoms with E-state index in [0.717, 1.165) is 19.3 Å². The van der Waals surface area contributed by atoms with Crippen LogP contribution in [0.3, 0.4) is 0 Å². The number of fused-ring (bicyclic) bond motifs is 1. The molecule has 1 saturated heterocycles. The first-order chi connectivity index (χ1) is 13.9. The topological polar surface area (TPSA) is 66.5 Å². The van der Waals surface area contributed by atoms with E-state index in [4.69, 9.17) is 11.6 Å². The SMILES string of the molecule is O=C(N[C@@H]1CCCc2ccccc21)[C@H]1CCCN(S(=O)(=O)c2ccc(Cl)cc2)C1. The van der Waals surface area contributed by atoms with Crippen LogP contribution in [0.2, 0.25) is 5.02 Å². The average Bonchev–Trinajstić information content (AvgIpc) is 2.74. The van der Waals surface area contributed by atoms with Gasteiger partial charge >= 0.3 is 0 Å². The molecule has 1 heterocycles. The van der Waals surface area contributed by atoms with Gasteiger partial charge in [-0.15, -0.1) is 0 Å². The van der Waals surface area contributed by atoms with E-state index in [0.29, 0.717) is 24.4 Å². The Labute approximate surface area is 177 Å². The van der Waals surface area contributed by atoms with Crippen molar-refractivity contribution in [3.63, 3.8) is 0 Å². The van der Waals surface area contributed by atoms with E-state index >= 15 is 0 Å². The van der Waals surface area contributed by atoms with Crippen molar-refractivity contribution in [2.24, 2.45) is 5.92 Å². The Morgan fingerprint density at radius 1 is 1.03 bits per heavy atom. The molecule has 1 aliphatic heterocycles. The van der Waals surface area contributed by atoms with E-state index < -0.39 is 10.0 Å². The number of rotatable bonds is 4. The lowest BCUT2D eigenvalue weighted by Gasteiger charge is -2.33. The Kier molecular flexibility index (Phi) is 5.95. The monoisotopic (exact) mass is 432 g/mol. The molecule has 1 fully saturated rings. The minimum Gasteiger partial charge on any atom is -0.349 e. The molecule has 2 atom stereocenters. The number of halogens is 1. The predicted octanol–water partition coefficient (Wildman–Crippen LogP) is 3.93. The van der Waals surface area contributed by atoms with Crippen LogP contribution in [0.4, 0.5) is 0 Å². The van der Waals surface area contributed by atoms with Crippen molar-refractivity contribution in [3.05, 3.63) is 64.7 Å². The number of piperidine rings is 1. The van der Waals surface area contributed by atoms with E-state index in [1.165, 1.54) is 27.6 Å². The molecule has 0 spiro atoms. The van der Waals surface area contributed by atoms with Crippen molar-refractivity contribution in [2.75, 3.05) is 13.1 Å². The summed E-state index contributed by atoms with van der Waals surface area (Å²) in [5.41, 5.74) is 2.48. The van der Waals surface area contributed by atoms with Gasteiger partial charge in [-0.05, 0) is 67.5 Å². The second kappa shape index (κ2) is 8.46. The second-order valence-corrected chi connectivity index (χ2v) is 10.2. The number of nitrogens with zero attached hydrogens (tertiary/aromatic N) is 1. The molecule has 4 rings (SSSR count). The van der Waals surface area contributed by atoms with Crippen LogP contribution >= 0.6 is 11.6 Å². The molecule has 0 saturated carbocycles. The fraction of sp³-hybridized carbons (Fsp3) is 0.409. The van der Waals surface area contributed by atoms with Crippen molar-refractivity contribution in [2.45, 2.75) is 43.0 Å². The summed E-state index contributed by atoms with van der Waals surface area (Å²) < 4.78 is 27.4. The molecule has 1 amide bonds. The first-order valence-corrected chi connectivity index (χ1v) is 11.9. The van der Waals surface area contributed by atoms with Crippen LogP contribution in [-0.4, -0.2) is 31.7 Å². The maximum atomic E-state index is 13.0. The number of benzene rings is 2. The number of hydrogen-bond acceptors (Lipinski definition) is 3. The molecule has 0 bridgehead atoms. The summed E-state index contributed by atoms with van der Waals surface area (Å²) in [5.74, 6) is -0.386. The maximum absolute atomic E-state index is 13.0. The lowest BCUT2D eigenvalue weighted by atomic mass is 9.87. The predicted molar refractivity (Wildman–Crippen MR) is 113 cm³/mol. The number of carbonyl (C=O) groups is 1. The van der Waals surface area contributed by atoms with Crippen molar-refractivity contribution < 1.29 is 13.2 Å². The lowest BCUT2D eigenvalue weighted by Crippen LogP contribution is -2.46.